The first kappa shape index (κ1) is 29.6. The van der Waals surface area contributed by atoms with E-state index in [0.717, 1.165) is 36.1 Å². The van der Waals surface area contributed by atoms with Crippen molar-refractivity contribution in [3.63, 3.8) is 0 Å². The zero-order valence-corrected chi connectivity index (χ0v) is 23.8. The van der Waals surface area contributed by atoms with Crippen LogP contribution in [0, 0.1) is 5.92 Å². The molecule has 11 heteroatoms. The van der Waals surface area contributed by atoms with Crippen LogP contribution in [0.3, 0.4) is 0 Å². The predicted molar refractivity (Wildman–Crippen MR) is 147 cm³/mol. The highest BCUT2D eigenvalue weighted by Gasteiger charge is 2.47. The highest BCUT2D eigenvalue weighted by molar-refractivity contribution is 5.96. The third kappa shape index (κ3) is 6.51. The van der Waals surface area contributed by atoms with Crippen molar-refractivity contribution in [2.24, 2.45) is 5.92 Å². The van der Waals surface area contributed by atoms with Gasteiger partial charge in [-0.25, -0.2) is 4.79 Å². The largest absolute Gasteiger partial charge is 0.481 e. The van der Waals surface area contributed by atoms with Crippen LogP contribution in [0.25, 0.3) is 0 Å². The molecule has 1 aromatic rings. The molecule has 1 aromatic carbocycles. The smallest absolute Gasteiger partial charge is 0.326 e. The third-order valence-electron chi connectivity index (χ3n) is 8.33. The molecule has 3 aliphatic rings. The maximum Gasteiger partial charge on any atom is 0.326 e. The normalized spacial score (nSPS) is 22.7. The topological polar surface area (TPSA) is 120 Å². The summed E-state index contributed by atoms with van der Waals surface area (Å²) < 4.78 is 11.0. The summed E-state index contributed by atoms with van der Waals surface area (Å²) >= 11 is 0. The van der Waals surface area contributed by atoms with Gasteiger partial charge in [-0.15, -0.1) is 0 Å². The maximum absolute atomic E-state index is 13.6. The number of carbonyl (C=O) groups excluding carboxylic acids is 3. The molecule has 3 atom stereocenters. The Hall–Kier alpha value is -3.34. The minimum atomic E-state index is -0.936. The number of likely N-dealkylation sites (tertiary alicyclic amines) is 1. The van der Waals surface area contributed by atoms with Crippen molar-refractivity contribution in [3.05, 3.63) is 23.8 Å². The number of aliphatic carboxylic acids is 1. The zero-order valence-electron chi connectivity index (χ0n) is 23.8. The molecule has 40 heavy (non-hydrogen) atoms. The van der Waals surface area contributed by atoms with Gasteiger partial charge in [-0.3, -0.25) is 24.2 Å². The molecule has 220 valence electrons. The van der Waals surface area contributed by atoms with Crippen LogP contribution in [0.5, 0.6) is 11.5 Å². The Balaban J connectivity index is 1.58. The van der Waals surface area contributed by atoms with E-state index in [-0.39, 0.29) is 43.5 Å². The minimum absolute atomic E-state index is 0.00162. The van der Waals surface area contributed by atoms with E-state index in [2.05, 4.69) is 13.8 Å². The van der Waals surface area contributed by atoms with Crippen molar-refractivity contribution < 1.29 is 33.8 Å². The molecule has 3 heterocycles. The van der Waals surface area contributed by atoms with E-state index in [0.29, 0.717) is 50.6 Å². The van der Waals surface area contributed by atoms with Gasteiger partial charge in [-0.1, -0.05) is 32.8 Å². The number of hydrogen-bond acceptors (Lipinski definition) is 7. The lowest BCUT2D eigenvalue weighted by Crippen LogP contribution is -2.52. The van der Waals surface area contributed by atoms with E-state index >= 15 is 0 Å². The summed E-state index contributed by atoms with van der Waals surface area (Å²) in [7, 11) is 1.47. The molecule has 0 aliphatic carbocycles. The monoisotopic (exact) mass is 558 g/mol. The van der Waals surface area contributed by atoms with Crippen LogP contribution in [0.1, 0.15) is 63.9 Å². The Morgan fingerprint density at radius 1 is 1.07 bits per heavy atom. The summed E-state index contributed by atoms with van der Waals surface area (Å²) in [5.74, 6) is -1.10. The summed E-state index contributed by atoms with van der Waals surface area (Å²) in [4.78, 5) is 57.6. The molecule has 0 spiro atoms. The molecule has 0 saturated carbocycles. The Kier molecular flexibility index (Phi) is 9.89. The maximum atomic E-state index is 13.6. The minimum Gasteiger partial charge on any atom is -0.481 e. The fraction of sp³-hybridized carbons (Fsp3) is 0.655. The lowest BCUT2D eigenvalue weighted by atomic mass is 9.84. The fourth-order valence-electron chi connectivity index (χ4n) is 5.98. The highest BCUT2D eigenvalue weighted by Crippen LogP contribution is 2.42. The van der Waals surface area contributed by atoms with E-state index in [1.807, 2.05) is 21.9 Å². The van der Waals surface area contributed by atoms with E-state index in [1.54, 1.807) is 11.0 Å². The van der Waals surface area contributed by atoms with E-state index < -0.39 is 17.9 Å². The number of urea groups is 1. The lowest BCUT2D eigenvalue weighted by Gasteiger charge is -2.34. The second-order valence-corrected chi connectivity index (χ2v) is 10.9. The van der Waals surface area contributed by atoms with Gasteiger partial charge in [0.1, 0.15) is 0 Å². The third-order valence-corrected chi connectivity index (χ3v) is 8.33. The zero-order chi connectivity index (χ0) is 28.8. The van der Waals surface area contributed by atoms with Crippen molar-refractivity contribution in [1.82, 2.24) is 19.6 Å². The Labute approximate surface area is 236 Å². The first-order chi connectivity index (χ1) is 19.2. The summed E-state index contributed by atoms with van der Waals surface area (Å²) in [5.41, 5.74) is 0.824. The number of unbranched alkanes of at least 4 members (excludes halogenated alkanes) is 2. The van der Waals surface area contributed by atoms with Crippen LogP contribution < -0.4 is 9.47 Å². The molecule has 0 aromatic heterocycles. The number of carboxylic acids is 1. The molecule has 2 saturated heterocycles. The molecular weight excluding hydrogens is 516 g/mol. The van der Waals surface area contributed by atoms with Crippen LogP contribution in [-0.2, 0) is 14.4 Å². The Morgan fingerprint density at radius 3 is 2.45 bits per heavy atom. The lowest BCUT2D eigenvalue weighted by molar-refractivity contribution is -0.144. The molecule has 2 fully saturated rings. The Bertz CT molecular complexity index is 1090. The van der Waals surface area contributed by atoms with Gasteiger partial charge in [0.2, 0.25) is 18.6 Å². The molecule has 11 nitrogen and oxygen atoms in total. The quantitative estimate of drug-likeness (QED) is 0.392. The number of fused-ring (bicyclic) bond motifs is 1. The van der Waals surface area contributed by atoms with Gasteiger partial charge in [0.05, 0.1) is 12.5 Å². The van der Waals surface area contributed by atoms with E-state index in [4.69, 9.17) is 9.47 Å². The van der Waals surface area contributed by atoms with Gasteiger partial charge in [0, 0.05) is 58.2 Å². The summed E-state index contributed by atoms with van der Waals surface area (Å²) in [6.45, 7) is 6.82. The number of carboxylic acid groups (broad SMARTS) is 1. The second kappa shape index (κ2) is 13.3. The molecular formula is C29H42N4O7. The number of rotatable bonds is 13. The van der Waals surface area contributed by atoms with Gasteiger partial charge in [-0.05, 0) is 37.0 Å². The molecule has 1 N–H and O–H groups in total. The van der Waals surface area contributed by atoms with Crippen LogP contribution in [0.4, 0.5) is 4.79 Å². The molecule has 0 radical (unpaired) electrons. The molecule has 4 amide bonds. The summed E-state index contributed by atoms with van der Waals surface area (Å²) in [5, 5.41) is 10.5. The summed E-state index contributed by atoms with van der Waals surface area (Å²) in [6.07, 6.45) is 4.41. The standard InChI is InChI=1S/C29H42N4O7/c1-4-6-12-31(13-7-5-2)26(35)18-33-17-21(20-8-9-23-24(16-20)40-19-39-23)27(28(36)37)22(33)10-14-32-15-11-25(34)30(3)29(32)38/h8-9,16,21-22,27H,4-7,10-15,17-19H2,1-3H3,(H,36,37)/t21-,22+,27?/m1/s1. The number of amides is 4. The Morgan fingerprint density at radius 2 is 1.77 bits per heavy atom. The van der Waals surface area contributed by atoms with Crippen LogP contribution in [-0.4, -0.2) is 108 Å². The SMILES string of the molecule is CCCCN(CCCC)C(=O)CN1C[C@H](c2ccc3c(c2)OCO3)C(C(=O)O)[C@@H]1CCN1CCC(=O)N(C)C1=O. The molecule has 1 unspecified atom stereocenters. The molecule has 0 bridgehead atoms. The predicted octanol–water partition coefficient (Wildman–Crippen LogP) is 2.99. The first-order valence-corrected chi connectivity index (χ1v) is 14.4. The van der Waals surface area contributed by atoms with E-state index in [1.165, 1.54) is 7.05 Å². The van der Waals surface area contributed by atoms with Crippen molar-refractivity contribution >= 4 is 23.8 Å². The van der Waals surface area contributed by atoms with Crippen LogP contribution >= 0.6 is 0 Å². The average molecular weight is 559 g/mol. The number of hydrogen-bond donors (Lipinski definition) is 1. The number of benzene rings is 1. The number of nitrogens with zero attached hydrogens (tertiary/aromatic N) is 4. The van der Waals surface area contributed by atoms with Crippen molar-refractivity contribution in [2.75, 3.05) is 53.1 Å². The van der Waals surface area contributed by atoms with Gasteiger partial charge < -0.3 is 24.4 Å². The molecule has 4 rings (SSSR count). The van der Waals surface area contributed by atoms with Crippen molar-refractivity contribution in [2.45, 2.75) is 64.3 Å². The molecule has 3 aliphatic heterocycles. The number of ether oxygens (including phenoxy) is 2. The highest BCUT2D eigenvalue weighted by atomic mass is 16.7. The van der Waals surface area contributed by atoms with Crippen LogP contribution in [0.15, 0.2) is 18.2 Å². The fourth-order valence-corrected chi connectivity index (χ4v) is 5.98. The average Bonchev–Trinajstić information content (AvgIpc) is 3.55. The van der Waals surface area contributed by atoms with E-state index in [9.17, 15) is 24.3 Å². The summed E-state index contributed by atoms with van der Waals surface area (Å²) in [6, 6.07) is 4.68. The first-order valence-electron chi connectivity index (χ1n) is 14.4. The van der Waals surface area contributed by atoms with Crippen molar-refractivity contribution in [3.8, 4) is 11.5 Å². The van der Waals surface area contributed by atoms with Gasteiger partial charge in [0.15, 0.2) is 11.5 Å². The van der Waals surface area contributed by atoms with Gasteiger partial charge in [-0.2, -0.15) is 0 Å². The number of carbonyl (C=O) groups is 4. The number of imide groups is 1. The van der Waals surface area contributed by atoms with Gasteiger partial charge >= 0.3 is 12.0 Å². The van der Waals surface area contributed by atoms with Crippen molar-refractivity contribution in [1.29, 1.82) is 0 Å². The van der Waals surface area contributed by atoms with Crippen LogP contribution in [0.2, 0.25) is 0 Å². The second-order valence-electron chi connectivity index (χ2n) is 10.9. The van der Waals surface area contributed by atoms with Gasteiger partial charge in [0.25, 0.3) is 0 Å².